The predicted octanol–water partition coefficient (Wildman–Crippen LogP) is 2.30. The third-order valence-electron chi connectivity index (χ3n) is 3.63. The van der Waals surface area contributed by atoms with Crippen LogP contribution in [0.2, 0.25) is 0 Å². The van der Waals surface area contributed by atoms with Gasteiger partial charge in [-0.15, -0.1) is 0 Å². The van der Waals surface area contributed by atoms with Crippen molar-refractivity contribution in [3.8, 4) is 0 Å². The number of rotatable bonds is 1. The second-order valence-corrected chi connectivity index (χ2v) is 4.30. The number of hydrogen-bond donors (Lipinski definition) is 1. The average Bonchev–Trinajstić information content (AvgIpc) is 2.55. The van der Waals surface area contributed by atoms with Gasteiger partial charge in [-0.2, -0.15) is 0 Å². The summed E-state index contributed by atoms with van der Waals surface area (Å²) < 4.78 is 0. The van der Waals surface area contributed by atoms with Crippen molar-refractivity contribution in [3.63, 3.8) is 0 Å². The van der Waals surface area contributed by atoms with Crippen molar-refractivity contribution in [2.24, 2.45) is 17.6 Å². The van der Waals surface area contributed by atoms with Crippen molar-refractivity contribution in [2.45, 2.75) is 51.0 Å². The van der Waals surface area contributed by atoms with Gasteiger partial charge in [0.1, 0.15) is 0 Å². The van der Waals surface area contributed by atoms with E-state index in [-0.39, 0.29) is 0 Å². The molecule has 0 heterocycles. The molecular weight excluding hydrogens is 134 g/mol. The Morgan fingerprint density at radius 3 is 2.09 bits per heavy atom. The van der Waals surface area contributed by atoms with E-state index in [2.05, 4.69) is 0 Å². The molecule has 0 amide bonds. The van der Waals surface area contributed by atoms with Crippen LogP contribution in [0.4, 0.5) is 0 Å². The minimum Gasteiger partial charge on any atom is -0.327 e. The van der Waals surface area contributed by atoms with E-state index in [1.165, 1.54) is 44.9 Å². The third-order valence-corrected chi connectivity index (χ3v) is 3.63. The van der Waals surface area contributed by atoms with Crippen molar-refractivity contribution in [3.05, 3.63) is 0 Å². The van der Waals surface area contributed by atoms with Gasteiger partial charge >= 0.3 is 0 Å². The Balaban J connectivity index is 1.92. The first-order valence-corrected chi connectivity index (χ1v) is 5.13. The monoisotopic (exact) mass is 153 g/mol. The molecule has 0 aliphatic heterocycles. The Bertz CT molecular complexity index is 127. The smallest absolute Gasteiger partial charge is 0.00698 e. The minimum absolute atomic E-state index is 0.554. The highest BCUT2D eigenvalue weighted by molar-refractivity contribution is 4.87. The molecule has 0 aromatic carbocycles. The fraction of sp³-hybridized carbons (Fsp3) is 1.00. The molecule has 0 bridgehead atoms. The quantitative estimate of drug-likeness (QED) is 0.614. The zero-order valence-corrected chi connectivity index (χ0v) is 7.26. The van der Waals surface area contributed by atoms with Gasteiger partial charge in [0.2, 0.25) is 0 Å². The van der Waals surface area contributed by atoms with Gasteiger partial charge in [0.25, 0.3) is 0 Å². The Morgan fingerprint density at radius 1 is 0.818 bits per heavy atom. The molecule has 1 heteroatoms. The van der Waals surface area contributed by atoms with Gasteiger partial charge in [0.05, 0.1) is 0 Å². The Hall–Kier alpha value is -0.0400. The second-order valence-electron chi connectivity index (χ2n) is 4.30. The summed E-state index contributed by atoms with van der Waals surface area (Å²) in [5.41, 5.74) is 6.06. The lowest BCUT2D eigenvalue weighted by molar-refractivity contribution is 0.316. The van der Waals surface area contributed by atoms with E-state index in [1.807, 2.05) is 0 Å². The zero-order valence-electron chi connectivity index (χ0n) is 7.26. The molecule has 0 saturated heterocycles. The summed E-state index contributed by atoms with van der Waals surface area (Å²) in [5.74, 6) is 1.91. The summed E-state index contributed by atoms with van der Waals surface area (Å²) in [4.78, 5) is 0. The maximum Gasteiger partial charge on any atom is 0.00698 e. The van der Waals surface area contributed by atoms with Crippen LogP contribution in [-0.2, 0) is 0 Å². The Morgan fingerprint density at radius 2 is 1.55 bits per heavy atom. The largest absolute Gasteiger partial charge is 0.327 e. The van der Waals surface area contributed by atoms with Crippen LogP contribution in [0.25, 0.3) is 0 Å². The molecule has 0 spiro atoms. The van der Waals surface area contributed by atoms with Gasteiger partial charge < -0.3 is 5.73 Å². The van der Waals surface area contributed by atoms with Gasteiger partial charge in [-0.05, 0) is 24.7 Å². The zero-order chi connectivity index (χ0) is 7.68. The molecule has 1 unspecified atom stereocenters. The molecule has 2 saturated carbocycles. The van der Waals surface area contributed by atoms with Crippen molar-refractivity contribution in [1.29, 1.82) is 0 Å². The molecule has 2 atom stereocenters. The predicted molar refractivity (Wildman–Crippen MR) is 47.3 cm³/mol. The minimum atomic E-state index is 0.554. The van der Waals surface area contributed by atoms with Crippen LogP contribution >= 0.6 is 0 Å². The van der Waals surface area contributed by atoms with E-state index in [4.69, 9.17) is 5.73 Å². The first-order valence-electron chi connectivity index (χ1n) is 5.13. The fourth-order valence-corrected chi connectivity index (χ4v) is 2.99. The maximum absolute atomic E-state index is 6.06. The molecule has 2 aliphatic carbocycles. The van der Waals surface area contributed by atoms with Gasteiger partial charge in [0, 0.05) is 6.04 Å². The second kappa shape index (κ2) is 3.14. The highest BCUT2D eigenvalue weighted by atomic mass is 14.7. The van der Waals surface area contributed by atoms with Gasteiger partial charge in [-0.3, -0.25) is 0 Å². The van der Waals surface area contributed by atoms with Crippen molar-refractivity contribution >= 4 is 0 Å². The molecule has 0 aromatic heterocycles. The SMILES string of the molecule is N[C@@H]1CCCC1C1CCCC1. The highest BCUT2D eigenvalue weighted by Crippen LogP contribution is 2.39. The topological polar surface area (TPSA) is 26.0 Å². The maximum atomic E-state index is 6.06. The van der Waals surface area contributed by atoms with Crippen molar-refractivity contribution in [1.82, 2.24) is 0 Å². The summed E-state index contributed by atoms with van der Waals surface area (Å²) >= 11 is 0. The summed E-state index contributed by atoms with van der Waals surface area (Å²) in [6.45, 7) is 0. The molecule has 2 fully saturated rings. The molecule has 2 N–H and O–H groups in total. The molecule has 2 aliphatic rings. The molecule has 0 radical (unpaired) electrons. The van der Waals surface area contributed by atoms with Gasteiger partial charge in [-0.1, -0.05) is 32.1 Å². The summed E-state index contributed by atoms with van der Waals surface area (Å²) in [6.07, 6.45) is 9.98. The van der Waals surface area contributed by atoms with Crippen LogP contribution < -0.4 is 5.73 Å². The highest BCUT2D eigenvalue weighted by Gasteiger charge is 2.32. The van der Waals surface area contributed by atoms with Crippen LogP contribution in [0.3, 0.4) is 0 Å². The van der Waals surface area contributed by atoms with Crippen molar-refractivity contribution in [2.75, 3.05) is 0 Å². The molecule has 1 nitrogen and oxygen atoms in total. The van der Waals surface area contributed by atoms with Crippen LogP contribution in [0.15, 0.2) is 0 Å². The molecular formula is C10H19N. The van der Waals surface area contributed by atoms with E-state index in [0.29, 0.717) is 6.04 Å². The summed E-state index contributed by atoms with van der Waals surface area (Å²) in [5, 5.41) is 0. The van der Waals surface area contributed by atoms with Crippen LogP contribution in [0.1, 0.15) is 44.9 Å². The normalized spacial score (nSPS) is 40.1. The molecule has 2 rings (SSSR count). The Kier molecular flexibility index (Phi) is 2.17. The van der Waals surface area contributed by atoms with E-state index < -0.39 is 0 Å². The number of nitrogens with two attached hydrogens (primary N) is 1. The summed E-state index contributed by atoms with van der Waals surface area (Å²) in [7, 11) is 0. The summed E-state index contributed by atoms with van der Waals surface area (Å²) in [6, 6.07) is 0.554. The van der Waals surface area contributed by atoms with E-state index in [9.17, 15) is 0 Å². The average molecular weight is 153 g/mol. The molecule has 64 valence electrons. The van der Waals surface area contributed by atoms with Gasteiger partial charge in [0.15, 0.2) is 0 Å². The standard InChI is InChI=1S/C10H19N/c11-10-7-3-6-9(10)8-4-1-2-5-8/h8-10H,1-7,11H2/t9?,10-/m1/s1. The van der Waals surface area contributed by atoms with E-state index in [0.717, 1.165) is 11.8 Å². The molecule has 11 heavy (non-hydrogen) atoms. The lowest BCUT2D eigenvalue weighted by Crippen LogP contribution is -2.29. The number of hydrogen-bond acceptors (Lipinski definition) is 1. The van der Waals surface area contributed by atoms with E-state index >= 15 is 0 Å². The lowest BCUT2D eigenvalue weighted by atomic mass is 9.87. The first kappa shape index (κ1) is 7.60. The van der Waals surface area contributed by atoms with Gasteiger partial charge in [-0.25, -0.2) is 0 Å². The Labute approximate surface area is 69.4 Å². The van der Waals surface area contributed by atoms with Crippen LogP contribution in [0, 0.1) is 11.8 Å². The van der Waals surface area contributed by atoms with Crippen LogP contribution in [-0.4, -0.2) is 6.04 Å². The lowest BCUT2D eigenvalue weighted by Gasteiger charge is -2.21. The molecule has 0 aromatic rings. The van der Waals surface area contributed by atoms with Crippen LogP contribution in [0.5, 0.6) is 0 Å². The fourth-order valence-electron chi connectivity index (χ4n) is 2.99. The van der Waals surface area contributed by atoms with E-state index in [1.54, 1.807) is 0 Å². The van der Waals surface area contributed by atoms with Crippen molar-refractivity contribution < 1.29 is 0 Å². The first-order chi connectivity index (χ1) is 5.38. The third kappa shape index (κ3) is 1.44.